The first kappa shape index (κ1) is 16.8. The van der Waals surface area contributed by atoms with Crippen molar-refractivity contribution >= 4 is 16.6 Å². The van der Waals surface area contributed by atoms with Gasteiger partial charge >= 0.3 is 0 Å². The molecule has 1 aromatic carbocycles. The molecule has 0 radical (unpaired) electrons. The van der Waals surface area contributed by atoms with Gasteiger partial charge in [-0.15, -0.1) is 0 Å². The first-order valence-electron chi connectivity index (χ1n) is 7.88. The van der Waals surface area contributed by atoms with E-state index in [0.29, 0.717) is 11.2 Å². The Balaban J connectivity index is 2.09. The zero-order valence-electron chi connectivity index (χ0n) is 14.6. The van der Waals surface area contributed by atoms with Crippen LogP contribution in [0, 0.1) is 17.0 Å². The number of aryl methyl sites for hydroxylation is 1. The van der Waals surface area contributed by atoms with E-state index in [1.165, 1.54) is 16.8 Å². The minimum absolute atomic E-state index is 0.0153. The number of nitro benzene ring substituents is 1. The highest BCUT2D eigenvalue weighted by Gasteiger charge is 2.21. The Morgan fingerprint density at radius 1 is 1.20 bits per heavy atom. The number of benzene rings is 1. The molecule has 0 aliphatic heterocycles. The number of nitrogens with zero attached hydrogens (tertiary/aromatic N) is 5. The summed E-state index contributed by atoms with van der Waals surface area (Å²) in [6, 6.07) is 6.11. The van der Waals surface area contributed by atoms with Crippen molar-refractivity contribution in [2.24, 2.45) is 0 Å². The van der Waals surface area contributed by atoms with Gasteiger partial charge in [-0.2, -0.15) is 10.2 Å². The molecule has 0 saturated carbocycles. The van der Waals surface area contributed by atoms with Crippen LogP contribution < -0.4 is 5.56 Å². The van der Waals surface area contributed by atoms with E-state index in [9.17, 15) is 14.9 Å². The Morgan fingerprint density at radius 3 is 2.40 bits per heavy atom. The van der Waals surface area contributed by atoms with Crippen LogP contribution in [0.2, 0.25) is 0 Å². The molecule has 0 unspecified atom stereocenters. The van der Waals surface area contributed by atoms with E-state index in [1.54, 1.807) is 23.0 Å². The van der Waals surface area contributed by atoms with Gasteiger partial charge in [-0.3, -0.25) is 19.6 Å². The van der Waals surface area contributed by atoms with E-state index < -0.39 is 4.92 Å². The Morgan fingerprint density at radius 2 is 1.84 bits per heavy atom. The summed E-state index contributed by atoms with van der Waals surface area (Å²) in [5, 5.41) is 20.2. The summed E-state index contributed by atoms with van der Waals surface area (Å²) in [5.41, 5.74) is 1.45. The minimum Gasteiger partial charge on any atom is -0.265 e. The second-order valence-electron chi connectivity index (χ2n) is 6.96. The highest BCUT2D eigenvalue weighted by Crippen LogP contribution is 2.20. The van der Waals surface area contributed by atoms with Gasteiger partial charge in [-0.05, 0) is 33.3 Å². The number of aromatic nitrogens is 4. The van der Waals surface area contributed by atoms with Crippen LogP contribution >= 0.6 is 0 Å². The Kier molecular flexibility index (Phi) is 3.90. The molecule has 0 aliphatic rings. The lowest BCUT2D eigenvalue weighted by molar-refractivity contribution is -0.384. The molecule has 0 bridgehead atoms. The average Bonchev–Trinajstić information content (AvgIpc) is 2.99. The number of rotatable bonds is 3. The Hall–Kier alpha value is -3.03. The van der Waals surface area contributed by atoms with Gasteiger partial charge in [0.15, 0.2) is 0 Å². The second-order valence-corrected chi connectivity index (χ2v) is 6.96. The monoisotopic (exact) mass is 341 g/mol. The third-order valence-electron chi connectivity index (χ3n) is 3.98. The molecule has 8 nitrogen and oxygen atoms in total. The van der Waals surface area contributed by atoms with Crippen molar-refractivity contribution in [3.8, 4) is 0 Å². The first-order valence-corrected chi connectivity index (χ1v) is 7.88. The van der Waals surface area contributed by atoms with Crippen molar-refractivity contribution in [2.45, 2.75) is 39.8 Å². The maximum Gasteiger partial charge on any atom is 0.293 e. The fourth-order valence-electron chi connectivity index (χ4n) is 2.73. The summed E-state index contributed by atoms with van der Waals surface area (Å²) >= 11 is 0. The number of nitro groups is 1. The number of hydrogen-bond acceptors (Lipinski definition) is 5. The van der Waals surface area contributed by atoms with E-state index in [4.69, 9.17) is 0 Å². The predicted octanol–water partition coefficient (Wildman–Crippen LogP) is 2.61. The van der Waals surface area contributed by atoms with Gasteiger partial charge in [-0.25, -0.2) is 4.68 Å². The van der Waals surface area contributed by atoms with Crippen molar-refractivity contribution in [2.75, 3.05) is 0 Å². The van der Waals surface area contributed by atoms with Crippen LogP contribution in [0.3, 0.4) is 0 Å². The van der Waals surface area contributed by atoms with Gasteiger partial charge in [-0.1, -0.05) is 12.1 Å². The molecule has 8 heteroatoms. The quantitative estimate of drug-likeness (QED) is 0.539. The van der Waals surface area contributed by atoms with E-state index in [1.807, 2.05) is 27.7 Å². The highest BCUT2D eigenvalue weighted by molar-refractivity contribution is 5.79. The van der Waals surface area contributed by atoms with Crippen molar-refractivity contribution in [3.05, 3.63) is 62.2 Å². The summed E-state index contributed by atoms with van der Waals surface area (Å²) in [6.07, 6.45) is 1.67. The standard InChI is InChI=1S/C17H19N5O3/c1-11-14-9-18-21(17(2,3)4)15(14)16(23)20(19-11)10-12-5-7-13(8-6-12)22(24)25/h5-9H,10H2,1-4H3. The van der Waals surface area contributed by atoms with Crippen LogP contribution in [0.5, 0.6) is 0 Å². The summed E-state index contributed by atoms with van der Waals surface area (Å²) in [7, 11) is 0. The normalized spacial score (nSPS) is 11.8. The topological polar surface area (TPSA) is 95.8 Å². The van der Waals surface area contributed by atoms with Crippen LogP contribution in [0.25, 0.3) is 10.9 Å². The second kappa shape index (κ2) is 5.80. The van der Waals surface area contributed by atoms with Gasteiger partial charge in [0.25, 0.3) is 11.2 Å². The number of fused-ring (bicyclic) bond motifs is 1. The fraction of sp³-hybridized carbons (Fsp3) is 0.353. The molecule has 2 aromatic heterocycles. The van der Waals surface area contributed by atoms with E-state index in [0.717, 1.165) is 10.9 Å². The first-order chi connectivity index (χ1) is 11.7. The maximum atomic E-state index is 12.9. The highest BCUT2D eigenvalue weighted by atomic mass is 16.6. The average molecular weight is 341 g/mol. The number of hydrogen-bond donors (Lipinski definition) is 0. The number of non-ortho nitro benzene ring substituents is 1. The molecular formula is C17H19N5O3. The fourth-order valence-corrected chi connectivity index (χ4v) is 2.73. The largest absolute Gasteiger partial charge is 0.293 e. The summed E-state index contributed by atoms with van der Waals surface area (Å²) < 4.78 is 3.09. The van der Waals surface area contributed by atoms with Crippen LogP contribution in [-0.2, 0) is 12.1 Å². The molecule has 0 atom stereocenters. The third kappa shape index (κ3) is 3.02. The maximum absolute atomic E-state index is 12.9. The van der Waals surface area contributed by atoms with E-state index in [-0.39, 0.29) is 23.3 Å². The Bertz CT molecular complexity index is 1010. The Labute approximate surface area is 143 Å². The van der Waals surface area contributed by atoms with Gasteiger partial charge < -0.3 is 0 Å². The molecule has 2 heterocycles. The van der Waals surface area contributed by atoms with Gasteiger partial charge in [0, 0.05) is 17.5 Å². The molecule has 0 aliphatic carbocycles. The molecule has 3 rings (SSSR count). The molecule has 0 amide bonds. The van der Waals surface area contributed by atoms with Crippen LogP contribution in [0.15, 0.2) is 35.3 Å². The molecule has 0 spiro atoms. The zero-order chi connectivity index (χ0) is 18.4. The van der Waals surface area contributed by atoms with Crippen LogP contribution in [-0.4, -0.2) is 24.5 Å². The minimum atomic E-state index is -0.452. The van der Waals surface area contributed by atoms with E-state index in [2.05, 4.69) is 10.2 Å². The molecular weight excluding hydrogens is 322 g/mol. The van der Waals surface area contributed by atoms with E-state index >= 15 is 0 Å². The van der Waals surface area contributed by atoms with Gasteiger partial charge in [0.1, 0.15) is 5.52 Å². The summed E-state index contributed by atoms with van der Waals surface area (Å²) in [5.74, 6) is 0. The molecule has 0 N–H and O–H groups in total. The van der Waals surface area contributed by atoms with Crippen LogP contribution in [0.4, 0.5) is 5.69 Å². The van der Waals surface area contributed by atoms with Crippen molar-refractivity contribution < 1.29 is 4.92 Å². The van der Waals surface area contributed by atoms with Crippen molar-refractivity contribution in [3.63, 3.8) is 0 Å². The summed E-state index contributed by atoms with van der Waals surface area (Å²) in [6.45, 7) is 8.02. The molecule has 3 aromatic rings. The summed E-state index contributed by atoms with van der Waals surface area (Å²) in [4.78, 5) is 23.2. The van der Waals surface area contributed by atoms with Gasteiger partial charge in [0.2, 0.25) is 0 Å². The van der Waals surface area contributed by atoms with Crippen LogP contribution in [0.1, 0.15) is 32.0 Å². The molecule has 0 fully saturated rings. The van der Waals surface area contributed by atoms with Crippen molar-refractivity contribution in [1.29, 1.82) is 0 Å². The predicted molar refractivity (Wildman–Crippen MR) is 93.7 cm³/mol. The lowest BCUT2D eigenvalue weighted by Gasteiger charge is -2.20. The molecule has 130 valence electrons. The van der Waals surface area contributed by atoms with Crippen molar-refractivity contribution in [1.82, 2.24) is 19.6 Å². The molecule has 25 heavy (non-hydrogen) atoms. The lowest BCUT2D eigenvalue weighted by atomic mass is 10.1. The lowest BCUT2D eigenvalue weighted by Crippen LogP contribution is -2.31. The molecule has 0 saturated heterocycles. The van der Waals surface area contributed by atoms with Gasteiger partial charge in [0.05, 0.1) is 28.9 Å². The zero-order valence-corrected chi connectivity index (χ0v) is 14.6. The smallest absolute Gasteiger partial charge is 0.265 e. The SMILES string of the molecule is Cc1nn(Cc2ccc([N+](=O)[O-])cc2)c(=O)c2c1cnn2C(C)(C)C. The third-order valence-corrected chi connectivity index (χ3v) is 3.98.